The molecule has 1 aliphatic carbocycles. The molecule has 1 fully saturated rings. The Balaban J connectivity index is 1.67. The van der Waals surface area contributed by atoms with Gasteiger partial charge < -0.3 is 10.1 Å². The lowest BCUT2D eigenvalue weighted by atomic mass is 9.89. The van der Waals surface area contributed by atoms with Crippen molar-refractivity contribution in [3.63, 3.8) is 0 Å². The van der Waals surface area contributed by atoms with Crippen molar-refractivity contribution >= 4 is 0 Å². The molecular formula is C18H29NO. The second-order valence-electron chi connectivity index (χ2n) is 6.48. The zero-order valence-corrected chi connectivity index (χ0v) is 13.0. The fourth-order valence-electron chi connectivity index (χ4n) is 2.78. The van der Waals surface area contributed by atoms with Crippen molar-refractivity contribution < 1.29 is 4.74 Å². The topological polar surface area (TPSA) is 21.3 Å². The summed E-state index contributed by atoms with van der Waals surface area (Å²) in [7, 11) is 0. The zero-order chi connectivity index (χ0) is 14.2. The molecule has 1 saturated carbocycles. The summed E-state index contributed by atoms with van der Waals surface area (Å²) in [5.41, 5.74) is 1.35. The highest BCUT2D eigenvalue weighted by atomic mass is 16.5. The highest BCUT2D eigenvalue weighted by Crippen LogP contribution is 2.22. The Morgan fingerprint density at radius 3 is 2.45 bits per heavy atom. The minimum Gasteiger partial charge on any atom is -0.493 e. The Labute approximate surface area is 123 Å². The van der Waals surface area contributed by atoms with Crippen LogP contribution in [0.25, 0.3) is 0 Å². The van der Waals surface area contributed by atoms with E-state index >= 15 is 0 Å². The molecule has 1 aromatic rings. The van der Waals surface area contributed by atoms with Crippen LogP contribution in [0.5, 0.6) is 5.75 Å². The van der Waals surface area contributed by atoms with Gasteiger partial charge in [0.1, 0.15) is 5.75 Å². The van der Waals surface area contributed by atoms with Crippen LogP contribution in [0.15, 0.2) is 24.3 Å². The van der Waals surface area contributed by atoms with Gasteiger partial charge in [0.25, 0.3) is 0 Å². The molecular weight excluding hydrogens is 246 g/mol. The Morgan fingerprint density at radius 2 is 1.80 bits per heavy atom. The fourth-order valence-corrected chi connectivity index (χ4v) is 2.78. The Morgan fingerprint density at radius 1 is 1.10 bits per heavy atom. The van der Waals surface area contributed by atoms with Crippen LogP contribution in [0.3, 0.4) is 0 Å². The van der Waals surface area contributed by atoms with Crippen LogP contribution in [0.2, 0.25) is 0 Å². The maximum Gasteiger partial charge on any atom is 0.119 e. The molecule has 0 unspecified atom stereocenters. The summed E-state index contributed by atoms with van der Waals surface area (Å²) in [4.78, 5) is 0. The number of benzene rings is 1. The fraction of sp³-hybridized carbons (Fsp3) is 0.667. The molecule has 2 heteroatoms. The van der Waals surface area contributed by atoms with Gasteiger partial charge >= 0.3 is 0 Å². The average Bonchev–Trinajstić information content (AvgIpc) is 2.47. The first-order valence-corrected chi connectivity index (χ1v) is 8.16. The number of rotatable bonds is 7. The number of nitrogens with one attached hydrogen (secondary N) is 1. The number of ether oxygens (including phenoxy) is 1. The van der Waals surface area contributed by atoms with E-state index in [4.69, 9.17) is 4.74 Å². The van der Waals surface area contributed by atoms with E-state index in [9.17, 15) is 0 Å². The Hall–Kier alpha value is -1.02. The van der Waals surface area contributed by atoms with Gasteiger partial charge in [0.15, 0.2) is 0 Å². The van der Waals surface area contributed by atoms with Crippen molar-refractivity contribution in [3.8, 4) is 5.75 Å². The summed E-state index contributed by atoms with van der Waals surface area (Å²) >= 11 is 0. The van der Waals surface area contributed by atoms with Crippen molar-refractivity contribution in [2.24, 2.45) is 11.8 Å². The molecule has 2 rings (SSSR count). The lowest BCUT2D eigenvalue weighted by Gasteiger charge is -2.21. The van der Waals surface area contributed by atoms with E-state index in [1.807, 2.05) is 0 Å². The first kappa shape index (κ1) is 15.4. The highest BCUT2D eigenvalue weighted by molar-refractivity contribution is 5.27. The quantitative estimate of drug-likeness (QED) is 0.797. The van der Waals surface area contributed by atoms with Crippen molar-refractivity contribution in [3.05, 3.63) is 29.8 Å². The van der Waals surface area contributed by atoms with E-state index in [1.165, 1.54) is 44.2 Å². The average molecular weight is 275 g/mol. The zero-order valence-electron chi connectivity index (χ0n) is 13.0. The van der Waals surface area contributed by atoms with E-state index in [1.54, 1.807) is 0 Å². The molecule has 0 bridgehead atoms. The van der Waals surface area contributed by atoms with Gasteiger partial charge in [-0.1, -0.05) is 45.2 Å². The van der Waals surface area contributed by atoms with E-state index in [2.05, 4.69) is 43.4 Å². The summed E-state index contributed by atoms with van der Waals surface area (Å²) in [5.74, 6) is 2.46. The predicted molar refractivity (Wildman–Crippen MR) is 85.1 cm³/mol. The van der Waals surface area contributed by atoms with E-state index < -0.39 is 0 Å². The minimum atomic E-state index is 0.576. The molecule has 0 spiro atoms. The molecule has 0 radical (unpaired) electrons. The third kappa shape index (κ3) is 5.54. The molecule has 1 aliphatic rings. The molecule has 0 saturated heterocycles. The molecule has 1 aromatic carbocycles. The minimum absolute atomic E-state index is 0.576. The van der Waals surface area contributed by atoms with Crippen LogP contribution in [0.1, 0.15) is 51.5 Å². The molecule has 112 valence electrons. The van der Waals surface area contributed by atoms with Crippen molar-refractivity contribution in [2.45, 2.75) is 52.5 Å². The molecule has 0 aromatic heterocycles. The van der Waals surface area contributed by atoms with Crippen LogP contribution in [0.4, 0.5) is 0 Å². The molecule has 0 atom stereocenters. The molecule has 20 heavy (non-hydrogen) atoms. The molecule has 2 nitrogen and oxygen atoms in total. The van der Waals surface area contributed by atoms with Crippen LogP contribution < -0.4 is 10.1 Å². The van der Waals surface area contributed by atoms with Gasteiger partial charge in [-0.2, -0.15) is 0 Å². The highest BCUT2D eigenvalue weighted by Gasteiger charge is 2.12. The summed E-state index contributed by atoms with van der Waals surface area (Å²) in [6, 6.07) is 8.51. The van der Waals surface area contributed by atoms with Crippen LogP contribution in [0, 0.1) is 11.8 Å². The summed E-state index contributed by atoms with van der Waals surface area (Å²) in [6.07, 6.45) is 7.11. The number of hydrogen-bond acceptors (Lipinski definition) is 2. The van der Waals surface area contributed by atoms with Gasteiger partial charge in [0, 0.05) is 6.54 Å². The molecule has 0 heterocycles. The summed E-state index contributed by atoms with van der Waals surface area (Å²) in [6.45, 7) is 7.28. The van der Waals surface area contributed by atoms with E-state index in [-0.39, 0.29) is 0 Å². The predicted octanol–water partition coefficient (Wildman–Crippen LogP) is 4.39. The van der Waals surface area contributed by atoms with Crippen molar-refractivity contribution in [2.75, 3.05) is 13.2 Å². The maximum atomic E-state index is 5.70. The van der Waals surface area contributed by atoms with Gasteiger partial charge in [0.05, 0.1) is 6.61 Å². The Kier molecular flexibility index (Phi) is 6.38. The molecule has 0 aliphatic heterocycles. The standard InChI is InChI=1S/C18H29NO/c1-15(2)14-20-18-10-8-17(9-11-18)13-19-12-16-6-4-3-5-7-16/h8-11,15-16,19H,3-7,12-14H2,1-2H3. The maximum absolute atomic E-state index is 5.70. The number of hydrogen-bond donors (Lipinski definition) is 1. The summed E-state index contributed by atoms with van der Waals surface area (Å²) in [5, 5.41) is 3.60. The van der Waals surface area contributed by atoms with Gasteiger partial charge in [0.2, 0.25) is 0 Å². The van der Waals surface area contributed by atoms with Crippen LogP contribution in [-0.2, 0) is 6.54 Å². The Bertz CT molecular complexity index is 366. The van der Waals surface area contributed by atoms with Gasteiger partial charge in [-0.3, -0.25) is 0 Å². The second kappa shape index (κ2) is 8.31. The SMILES string of the molecule is CC(C)COc1ccc(CNCC2CCCCC2)cc1. The van der Waals surface area contributed by atoms with Crippen molar-refractivity contribution in [1.82, 2.24) is 5.32 Å². The molecule has 0 amide bonds. The summed E-state index contributed by atoms with van der Waals surface area (Å²) < 4.78 is 5.70. The lowest BCUT2D eigenvalue weighted by Crippen LogP contribution is -2.24. The van der Waals surface area contributed by atoms with Crippen LogP contribution >= 0.6 is 0 Å². The first-order chi connectivity index (χ1) is 9.74. The smallest absolute Gasteiger partial charge is 0.119 e. The van der Waals surface area contributed by atoms with Gasteiger partial charge in [-0.25, -0.2) is 0 Å². The second-order valence-corrected chi connectivity index (χ2v) is 6.48. The third-order valence-electron chi connectivity index (χ3n) is 3.99. The van der Waals surface area contributed by atoms with E-state index in [0.717, 1.165) is 24.8 Å². The first-order valence-electron chi connectivity index (χ1n) is 8.16. The lowest BCUT2D eigenvalue weighted by molar-refractivity contribution is 0.271. The van der Waals surface area contributed by atoms with Gasteiger partial charge in [-0.05, 0) is 48.9 Å². The van der Waals surface area contributed by atoms with E-state index in [0.29, 0.717) is 5.92 Å². The normalized spacial score (nSPS) is 16.6. The monoisotopic (exact) mass is 275 g/mol. The van der Waals surface area contributed by atoms with Crippen molar-refractivity contribution in [1.29, 1.82) is 0 Å². The van der Waals surface area contributed by atoms with Gasteiger partial charge in [-0.15, -0.1) is 0 Å². The van der Waals surface area contributed by atoms with Crippen LogP contribution in [-0.4, -0.2) is 13.2 Å². The largest absolute Gasteiger partial charge is 0.493 e. The molecule has 1 N–H and O–H groups in total. The third-order valence-corrected chi connectivity index (χ3v) is 3.99.